The summed E-state index contributed by atoms with van der Waals surface area (Å²) in [5.41, 5.74) is 0. The van der Waals surface area contributed by atoms with Crippen LogP contribution in [0.3, 0.4) is 0 Å². The van der Waals surface area contributed by atoms with Gasteiger partial charge in [-0.25, -0.2) is 0 Å². The van der Waals surface area contributed by atoms with Crippen molar-refractivity contribution in [1.29, 1.82) is 0 Å². The van der Waals surface area contributed by atoms with Crippen LogP contribution in [0.2, 0.25) is 12.1 Å². The lowest BCUT2D eigenvalue weighted by Crippen LogP contribution is -2.44. The number of nitrogens with one attached hydrogen (secondary N) is 1. The number of aliphatic hydroxyl groups excluding tert-OH is 1. The second-order valence-corrected chi connectivity index (χ2v) is 12.3. The number of hydrogen-bond donors (Lipinski definition) is 2. The summed E-state index contributed by atoms with van der Waals surface area (Å²) in [5.74, 6) is 0. The molecule has 0 unspecified atom stereocenters. The Kier molecular flexibility index (Phi) is 16.0. The molecule has 0 aliphatic carbocycles. The molecule has 2 N–H and O–H groups in total. The van der Waals surface area contributed by atoms with Crippen LogP contribution in [0.4, 0.5) is 0 Å². The van der Waals surface area contributed by atoms with Crippen LogP contribution in [0.1, 0.15) is 12.8 Å². The smallest absolute Gasteiger partial charge is 0.395 e. The molecule has 0 heterocycles. The lowest BCUT2D eigenvalue weighted by Gasteiger charge is -2.26. The second kappa shape index (κ2) is 15.9. The summed E-state index contributed by atoms with van der Waals surface area (Å²) in [7, 11) is 4.79. The fraction of sp³-hybridized carbons (Fsp3) is 1.00. The highest BCUT2D eigenvalue weighted by Gasteiger charge is 2.37. The molecule has 11 heteroatoms. The van der Waals surface area contributed by atoms with Crippen LogP contribution in [-0.4, -0.2) is 110 Å². The Labute approximate surface area is 167 Å². The Bertz CT molecular complexity index is 332. The van der Waals surface area contributed by atoms with Crippen LogP contribution in [0.5, 0.6) is 0 Å². The Balaban J connectivity index is 4.08. The van der Waals surface area contributed by atoms with Crippen molar-refractivity contribution in [3.63, 3.8) is 0 Å². The van der Waals surface area contributed by atoms with Crippen LogP contribution in [0, 0.1) is 0 Å². The van der Waals surface area contributed by atoms with Crippen molar-refractivity contribution in [2.24, 2.45) is 0 Å². The van der Waals surface area contributed by atoms with E-state index in [-0.39, 0.29) is 6.61 Å². The van der Waals surface area contributed by atoms with Gasteiger partial charge in [-0.1, -0.05) is 0 Å². The molecule has 9 nitrogen and oxygen atoms in total. The first-order valence-electron chi connectivity index (χ1n) is 9.35. The zero-order valence-corrected chi connectivity index (χ0v) is 19.9. The van der Waals surface area contributed by atoms with Crippen molar-refractivity contribution in [3.8, 4) is 0 Å². The first-order valence-corrected chi connectivity index (χ1v) is 13.2. The number of hydrogen-bond acceptors (Lipinski definition) is 9. The summed E-state index contributed by atoms with van der Waals surface area (Å²) in [6, 6.07) is 1.53. The van der Waals surface area contributed by atoms with Gasteiger partial charge in [0.05, 0.1) is 6.61 Å². The van der Waals surface area contributed by atoms with Gasteiger partial charge < -0.3 is 37.0 Å². The third-order valence-corrected chi connectivity index (χ3v) is 10.3. The standard InChI is InChI=1S/C16H40N2O7Si2/c1-20-26(21-2,22-3)15-7-9-17-10-12-18(13-14-19)11-8-16-27(23-4,24-5)25-6/h17,19H,7-16H2,1-6H3. The minimum atomic E-state index is -2.52. The first kappa shape index (κ1) is 27.1. The van der Waals surface area contributed by atoms with Crippen LogP contribution in [-0.2, 0) is 26.6 Å². The van der Waals surface area contributed by atoms with E-state index in [1.54, 1.807) is 42.7 Å². The van der Waals surface area contributed by atoms with Crippen LogP contribution in [0.15, 0.2) is 0 Å². The molecule has 0 bridgehead atoms. The van der Waals surface area contributed by atoms with E-state index in [1.807, 2.05) is 0 Å². The highest BCUT2D eigenvalue weighted by atomic mass is 28.4. The molecule has 0 aliphatic rings. The fourth-order valence-electron chi connectivity index (χ4n) is 2.90. The number of rotatable bonds is 19. The maximum Gasteiger partial charge on any atom is 0.500 e. The maximum absolute atomic E-state index is 9.28. The second-order valence-electron chi connectivity index (χ2n) is 6.11. The van der Waals surface area contributed by atoms with Crippen molar-refractivity contribution >= 4 is 17.6 Å². The Morgan fingerprint density at radius 2 is 1.15 bits per heavy atom. The lowest BCUT2D eigenvalue weighted by atomic mass is 10.4. The third kappa shape index (κ3) is 10.4. The Morgan fingerprint density at radius 3 is 1.59 bits per heavy atom. The molecule has 0 atom stereocenters. The molecule has 0 amide bonds. The van der Waals surface area contributed by atoms with Gasteiger partial charge in [0.15, 0.2) is 0 Å². The summed E-state index contributed by atoms with van der Waals surface area (Å²) in [6.07, 6.45) is 1.82. The predicted octanol–water partition coefficient (Wildman–Crippen LogP) is 0.407. The van der Waals surface area contributed by atoms with Crippen molar-refractivity contribution in [2.75, 3.05) is 82.0 Å². The average molecular weight is 429 g/mol. The van der Waals surface area contributed by atoms with E-state index in [1.165, 1.54) is 0 Å². The zero-order valence-electron chi connectivity index (χ0n) is 17.9. The van der Waals surface area contributed by atoms with Gasteiger partial charge in [-0.2, -0.15) is 0 Å². The first-order chi connectivity index (χ1) is 13.0. The van der Waals surface area contributed by atoms with E-state index in [0.717, 1.165) is 51.1 Å². The zero-order chi connectivity index (χ0) is 20.6. The van der Waals surface area contributed by atoms with Gasteiger partial charge in [-0.05, 0) is 25.9 Å². The van der Waals surface area contributed by atoms with Crippen LogP contribution >= 0.6 is 0 Å². The van der Waals surface area contributed by atoms with Crippen LogP contribution in [0.25, 0.3) is 0 Å². The van der Waals surface area contributed by atoms with Gasteiger partial charge in [0.1, 0.15) is 0 Å². The van der Waals surface area contributed by atoms with E-state index in [0.29, 0.717) is 6.54 Å². The van der Waals surface area contributed by atoms with E-state index in [9.17, 15) is 5.11 Å². The SMILES string of the molecule is CO[Si](CCCNCCN(CCO)CCC[Si](OC)(OC)OC)(OC)OC. The van der Waals surface area contributed by atoms with Gasteiger partial charge in [0.25, 0.3) is 0 Å². The minimum absolute atomic E-state index is 0.144. The molecule has 0 spiro atoms. The van der Waals surface area contributed by atoms with Crippen molar-refractivity contribution in [1.82, 2.24) is 10.2 Å². The normalized spacial score (nSPS) is 12.9. The molecule has 0 aromatic heterocycles. The highest BCUT2D eigenvalue weighted by Crippen LogP contribution is 2.15. The molecule has 0 fully saturated rings. The molecule has 0 aromatic carbocycles. The lowest BCUT2D eigenvalue weighted by molar-refractivity contribution is 0.120. The Hall–Kier alpha value is 0.0738. The molecular formula is C16H40N2O7Si2. The van der Waals surface area contributed by atoms with Gasteiger partial charge >= 0.3 is 17.6 Å². The molecule has 0 saturated heterocycles. The van der Waals surface area contributed by atoms with Crippen molar-refractivity contribution in [3.05, 3.63) is 0 Å². The minimum Gasteiger partial charge on any atom is -0.395 e. The van der Waals surface area contributed by atoms with Crippen LogP contribution < -0.4 is 5.32 Å². The van der Waals surface area contributed by atoms with Crippen molar-refractivity contribution in [2.45, 2.75) is 24.9 Å². The summed E-state index contributed by atoms with van der Waals surface area (Å²) >= 11 is 0. The summed E-state index contributed by atoms with van der Waals surface area (Å²) < 4.78 is 32.6. The fourth-order valence-corrected chi connectivity index (χ4v) is 6.33. The topological polar surface area (TPSA) is 90.9 Å². The third-order valence-electron chi connectivity index (χ3n) is 4.68. The number of nitrogens with zero attached hydrogens (tertiary/aromatic N) is 1. The molecule has 0 saturated carbocycles. The number of aliphatic hydroxyl groups is 1. The van der Waals surface area contributed by atoms with E-state index in [2.05, 4.69) is 10.2 Å². The molecule has 0 rings (SSSR count). The Morgan fingerprint density at radius 1 is 0.667 bits per heavy atom. The van der Waals surface area contributed by atoms with Crippen molar-refractivity contribution < 1.29 is 31.7 Å². The van der Waals surface area contributed by atoms with Gasteiger partial charge in [0.2, 0.25) is 0 Å². The summed E-state index contributed by atoms with van der Waals surface area (Å²) in [5, 5.41) is 12.7. The molecule has 0 aromatic rings. The summed E-state index contributed by atoms with van der Waals surface area (Å²) in [4.78, 5) is 2.23. The van der Waals surface area contributed by atoms with E-state index in [4.69, 9.17) is 26.6 Å². The summed E-state index contributed by atoms with van der Waals surface area (Å²) in [6.45, 7) is 4.23. The monoisotopic (exact) mass is 428 g/mol. The molecular weight excluding hydrogens is 388 g/mol. The average Bonchev–Trinajstić information content (AvgIpc) is 2.71. The molecule has 164 valence electrons. The van der Waals surface area contributed by atoms with Gasteiger partial charge in [-0.15, -0.1) is 0 Å². The molecule has 0 radical (unpaired) electrons. The highest BCUT2D eigenvalue weighted by molar-refractivity contribution is 6.60. The largest absolute Gasteiger partial charge is 0.500 e. The predicted molar refractivity (Wildman–Crippen MR) is 109 cm³/mol. The molecule has 27 heavy (non-hydrogen) atoms. The van der Waals surface area contributed by atoms with E-state index >= 15 is 0 Å². The quantitative estimate of drug-likeness (QED) is 0.224. The maximum atomic E-state index is 9.28. The molecule has 0 aliphatic heterocycles. The van der Waals surface area contributed by atoms with Gasteiger partial charge in [-0.3, -0.25) is 4.90 Å². The van der Waals surface area contributed by atoms with E-state index < -0.39 is 17.6 Å². The van der Waals surface area contributed by atoms with Gasteiger partial charge in [0, 0.05) is 74.4 Å².